The predicted octanol–water partition coefficient (Wildman–Crippen LogP) is 1.34. The molecule has 6 nitrogen and oxygen atoms in total. The standard InChI is InChI=1S/C14H23N3O3S/c1-10-11(2)20-14(15-10)9-17-7-13(8-17)21(18,19)16-12-5-3-4-6-12/h12-13,16H,3-9H2,1-2H3. The fourth-order valence-electron chi connectivity index (χ4n) is 3.02. The van der Waals surface area contributed by atoms with Crippen LogP contribution in [0.2, 0.25) is 0 Å². The van der Waals surface area contributed by atoms with Crippen LogP contribution < -0.4 is 4.72 Å². The summed E-state index contributed by atoms with van der Waals surface area (Å²) in [6.45, 7) is 5.51. The third kappa shape index (κ3) is 3.30. The maximum absolute atomic E-state index is 12.2. The van der Waals surface area contributed by atoms with Gasteiger partial charge in [0, 0.05) is 19.1 Å². The highest BCUT2D eigenvalue weighted by Gasteiger charge is 2.39. The van der Waals surface area contributed by atoms with Crippen LogP contribution in [0.3, 0.4) is 0 Å². The van der Waals surface area contributed by atoms with E-state index < -0.39 is 10.0 Å². The number of hydrogen-bond acceptors (Lipinski definition) is 5. The lowest BCUT2D eigenvalue weighted by Gasteiger charge is -2.38. The first-order valence-electron chi connectivity index (χ1n) is 7.60. The number of aromatic nitrogens is 1. The Morgan fingerprint density at radius 1 is 1.29 bits per heavy atom. The van der Waals surface area contributed by atoms with Gasteiger partial charge in [-0.1, -0.05) is 12.8 Å². The molecule has 0 unspecified atom stereocenters. The highest BCUT2D eigenvalue weighted by Crippen LogP contribution is 2.23. The van der Waals surface area contributed by atoms with Gasteiger partial charge in [0.25, 0.3) is 0 Å². The van der Waals surface area contributed by atoms with E-state index >= 15 is 0 Å². The van der Waals surface area contributed by atoms with E-state index in [0.29, 0.717) is 25.5 Å². The Hall–Kier alpha value is -0.920. The van der Waals surface area contributed by atoms with Gasteiger partial charge in [0.2, 0.25) is 15.9 Å². The van der Waals surface area contributed by atoms with E-state index in [4.69, 9.17) is 4.42 Å². The first-order chi connectivity index (χ1) is 9.94. The van der Waals surface area contributed by atoms with Crippen molar-refractivity contribution in [2.24, 2.45) is 0 Å². The van der Waals surface area contributed by atoms with Crippen LogP contribution in [0.25, 0.3) is 0 Å². The van der Waals surface area contributed by atoms with E-state index in [1.54, 1.807) is 0 Å². The summed E-state index contributed by atoms with van der Waals surface area (Å²) in [4.78, 5) is 6.39. The molecule has 1 aliphatic carbocycles. The van der Waals surface area contributed by atoms with E-state index in [0.717, 1.165) is 37.1 Å². The second kappa shape index (κ2) is 5.70. The van der Waals surface area contributed by atoms with Gasteiger partial charge in [-0.05, 0) is 26.7 Å². The van der Waals surface area contributed by atoms with Gasteiger partial charge < -0.3 is 4.42 Å². The molecule has 1 aromatic heterocycles. The Kier molecular flexibility index (Phi) is 4.07. The molecule has 2 heterocycles. The Morgan fingerprint density at radius 3 is 2.52 bits per heavy atom. The molecule has 7 heteroatoms. The van der Waals surface area contributed by atoms with Gasteiger partial charge in [0.05, 0.1) is 12.2 Å². The number of sulfonamides is 1. The van der Waals surface area contributed by atoms with Crippen molar-refractivity contribution >= 4 is 10.0 Å². The number of rotatable bonds is 5. The van der Waals surface area contributed by atoms with Crippen LogP contribution in [0.1, 0.15) is 43.0 Å². The molecule has 21 heavy (non-hydrogen) atoms. The Balaban J connectivity index is 1.50. The average molecular weight is 313 g/mol. The molecule has 0 aromatic carbocycles. The van der Waals surface area contributed by atoms with Crippen molar-refractivity contribution in [1.82, 2.24) is 14.6 Å². The predicted molar refractivity (Wildman–Crippen MR) is 79.4 cm³/mol. The van der Waals surface area contributed by atoms with Gasteiger partial charge in [-0.3, -0.25) is 4.90 Å². The van der Waals surface area contributed by atoms with Crippen molar-refractivity contribution in [3.05, 3.63) is 17.3 Å². The third-order valence-corrected chi connectivity index (χ3v) is 6.32. The topological polar surface area (TPSA) is 75.4 Å². The van der Waals surface area contributed by atoms with Gasteiger partial charge in [-0.2, -0.15) is 0 Å². The average Bonchev–Trinajstić information content (AvgIpc) is 2.94. The number of oxazole rings is 1. The molecule has 0 spiro atoms. The van der Waals surface area contributed by atoms with Crippen molar-refractivity contribution < 1.29 is 12.8 Å². The molecule has 118 valence electrons. The summed E-state index contributed by atoms with van der Waals surface area (Å²) < 4.78 is 32.9. The van der Waals surface area contributed by atoms with E-state index in [9.17, 15) is 8.42 Å². The molecule has 2 aliphatic rings. The zero-order valence-electron chi connectivity index (χ0n) is 12.6. The second-order valence-corrected chi connectivity index (χ2v) is 8.20. The Morgan fingerprint density at radius 2 is 1.95 bits per heavy atom. The quantitative estimate of drug-likeness (QED) is 0.888. The van der Waals surface area contributed by atoms with E-state index in [1.807, 2.05) is 13.8 Å². The van der Waals surface area contributed by atoms with Crippen LogP contribution in [-0.2, 0) is 16.6 Å². The summed E-state index contributed by atoms with van der Waals surface area (Å²) in [6.07, 6.45) is 4.22. The number of nitrogens with one attached hydrogen (secondary N) is 1. The minimum absolute atomic E-state index is 0.154. The highest BCUT2D eigenvalue weighted by molar-refractivity contribution is 7.90. The fraction of sp³-hybridized carbons (Fsp3) is 0.786. The molecule has 1 aromatic rings. The third-order valence-electron chi connectivity index (χ3n) is 4.48. The summed E-state index contributed by atoms with van der Waals surface area (Å²) in [5.74, 6) is 1.50. The number of aryl methyl sites for hydroxylation is 2. The molecule has 1 aliphatic heterocycles. The molecular formula is C14H23N3O3S. The van der Waals surface area contributed by atoms with E-state index in [1.165, 1.54) is 0 Å². The van der Waals surface area contributed by atoms with E-state index in [-0.39, 0.29) is 11.3 Å². The molecule has 3 rings (SSSR count). The zero-order valence-corrected chi connectivity index (χ0v) is 13.4. The van der Waals surface area contributed by atoms with Crippen LogP contribution in [0, 0.1) is 13.8 Å². The lowest BCUT2D eigenvalue weighted by molar-refractivity contribution is 0.158. The minimum atomic E-state index is -3.18. The van der Waals surface area contributed by atoms with Crippen molar-refractivity contribution in [1.29, 1.82) is 0 Å². The molecule has 0 atom stereocenters. The summed E-state index contributed by atoms with van der Waals surface area (Å²) in [7, 11) is -3.18. The van der Waals surface area contributed by atoms with Crippen LogP contribution >= 0.6 is 0 Å². The molecule has 0 radical (unpaired) electrons. The smallest absolute Gasteiger partial charge is 0.217 e. The molecule has 0 amide bonds. The monoisotopic (exact) mass is 313 g/mol. The first-order valence-corrected chi connectivity index (χ1v) is 9.15. The summed E-state index contributed by atoms with van der Waals surface area (Å²) in [5, 5.41) is -0.296. The minimum Gasteiger partial charge on any atom is -0.444 e. The van der Waals surface area contributed by atoms with Gasteiger partial charge >= 0.3 is 0 Å². The molecule has 1 saturated heterocycles. The van der Waals surface area contributed by atoms with Crippen LogP contribution in [-0.4, -0.2) is 42.7 Å². The molecule has 1 saturated carbocycles. The molecular weight excluding hydrogens is 290 g/mol. The van der Waals surface area contributed by atoms with Crippen LogP contribution in [0.5, 0.6) is 0 Å². The zero-order chi connectivity index (χ0) is 15.0. The van der Waals surface area contributed by atoms with Crippen molar-refractivity contribution in [2.75, 3.05) is 13.1 Å². The van der Waals surface area contributed by atoms with Crippen molar-refractivity contribution in [2.45, 2.75) is 57.4 Å². The normalized spacial score (nSPS) is 21.8. The maximum atomic E-state index is 12.2. The van der Waals surface area contributed by atoms with Gasteiger partial charge in [0.1, 0.15) is 11.0 Å². The van der Waals surface area contributed by atoms with E-state index in [2.05, 4.69) is 14.6 Å². The fourth-order valence-corrected chi connectivity index (χ4v) is 4.73. The lowest BCUT2D eigenvalue weighted by Crippen LogP contribution is -2.57. The lowest BCUT2D eigenvalue weighted by atomic mass is 10.2. The van der Waals surface area contributed by atoms with Gasteiger partial charge in [-0.25, -0.2) is 18.1 Å². The Labute approximate surface area is 126 Å². The van der Waals surface area contributed by atoms with Gasteiger partial charge in [0.15, 0.2) is 0 Å². The van der Waals surface area contributed by atoms with Crippen LogP contribution in [0.4, 0.5) is 0 Å². The number of nitrogens with zero attached hydrogens (tertiary/aromatic N) is 2. The largest absolute Gasteiger partial charge is 0.444 e. The number of likely N-dealkylation sites (tertiary alicyclic amines) is 1. The summed E-state index contributed by atoms with van der Waals surface area (Å²) >= 11 is 0. The van der Waals surface area contributed by atoms with Crippen molar-refractivity contribution in [3.8, 4) is 0 Å². The summed E-state index contributed by atoms with van der Waals surface area (Å²) in [6, 6.07) is 0.154. The van der Waals surface area contributed by atoms with Crippen LogP contribution in [0.15, 0.2) is 4.42 Å². The van der Waals surface area contributed by atoms with Gasteiger partial charge in [-0.15, -0.1) is 0 Å². The Bertz CT molecular complexity index is 579. The maximum Gasteiger partial charge on any atom is 0.217 e. The summed E-state index contributed by atoms with van der Waals surface area (Å²) in [5.41, 5.74) is 0.901. The SMILES string of the molecule is Cc1nc(CN2CC(S(=O)(=O)NC3CCCC3)C2)oc1C. The van der Waals surface area contributed by atoms with Crippen molar-refractivity contribution in [3.63, 3.8) is 0 Å². The second-order valence-electron chi connectivity index (χ2n) is 6.21. The first kappa shape index (κ1) is 15.0. The number of hydrogen-bond donors (Lipinski definition) is 1. The molecule has 1 N–H and O–H groups in total. The molecule has 0 bridgehead atoms. The highest BCUT2D eigenvalue weighted by atomic mass is 32.2. The molecule has 2 fully saturated rings.